The summed E-state index contributed by atoms with van der Waals surface area (Å²) in [5.41, 5.74) is 8.08. The van der Waals surface area contributed by atoms with Crippen molar-refractivity contribution in [3.63, 3.8) is 0 Å². The molecule has 1 aliphatic rings. The maximum absolute atomic E-state index is 11.8. The lowest BCUT2D eigenvalue weighted by molar-refractivity contribution is -0.145. The zero-order valence-electron chi connectivity index (χ0n) is 11.7. The molecule has 3 rings (SSSR count). The average molecular weight is 286 g/mol. The minimum absolute atomic E-state index is 0.0402. The number of carbonyl (C=O) groups is 1. The minimum atomic E-state index is -0.317. The molecule has 6 heteroatoms. The van der Waals surface area contributed by atoms with Gasteiger partial charge in [-0.25, -0.2) is 9.67 Å². The summed E-state index contributed by atoms with van der Waals surface area (Å²) in [6, 6.07) is 8.38. The number of fused-ring (bicyclic) bond motifs is 1. The van der Waals surface area contributed by atoms with Crippen LogP contribution in [-0.4, -0.2) is 27.3 Å². The lowest BCUT2D eigenvalue weighted by Crippen LogP contribution is -2.20. The van der Waals surface area contributed by atoms with Gasteiger partial charge in [-0.3, -0.25) is 4.79 Å². The fourth-order valence-electron chi connectivity index (χ4n) is 2.78. The van der Waals surface area contributed by atoms with E-state index in [1.54, 1.807) is 0 Å². The lowest BCUT2D eigenvalue weighted by atomic mass is 9.83. The van der Waals surface area contributed by atoms with Crippen molar-refractivity contribution in [2.24, 2.45) is 0 Å². The van der Waals surface area contributed by atoms with Gasteiger partial charge in [0.1, 0.15) is 12.9 Å². The first-order chi connectivity index (χ1) is 10.2. The van der Waals surface area contributed by atoms with Gasteiger partial charge in [0.25, 0.3) is 0 Å². The van der Waals surface area contributed by atoms with E-state index in [1.807, 2.05) is 6.07 Å². The summed E-state index contributed by atoms with van der Waals surface area (Å²) in [7, 11) is 0. The van der Waals surface area contributed by atoms with Gasteiger partial charge in [0.15, 0.2) is 0 Å². The SMILES string of the molecule is Nc1ncn(CC(=O)OCC2CCCc3ccccc32)n1. The van der Waals surface area contributed by atoms with Crippen molar-refractivity contribution < 1.29 is 9.53 Å². The van der Waals surface area contributed by atoms with Crippen molar-refractivity contribution in [1.82, 2.24) is 14.8 Å². The van der Waals surface area contributed by atoms with Crippen LogP contribution in [0.2, 0.25) is 0 Å². The second kappa shape index (κ2) is 5.95. The first-order valence-electron chi connectivity index (χ1n) is 7.11. The summed E-state index contributed by atoms with van der Waals surface area (Å²) in [6.45, 7) is 0.457. The molecule has 0 radical (unpaired) electrons. The van der Waals surface area contributed by atoms with E-state index in [0.717, 1.165) is 19.3 Å². The first-order valence-corrected chi connectivity index (χ1v) is 7.11. The zero-order valence-corrected chi connectivity index (χ0v) is 11.7. The Morgan fingerprint density at radius 3 is 3.10 bits per heavy atom. The molecule has 0 bridgehead atoms. The predicted molar refractivity (Wildman–Crippen MR) is 77.5 cm³/mol. The van der Waals surface area contributed by atoms with Crippen LogP contribution >= 0.6 is 0 Å². The number of carbonyl (C=O) groups excluding carboxylic acids is 1. The third kappa shape index (κ3) is 3.21. The van der Waals surface area contributed by atoms with Crippen LogP contribution in [0.5, 0.6) is 0 Å². The summed E-state index contributed by atoms with van der Waals surface area (Å²) < 4.78 is 6.76. The van der Waals surface area contributed by atoms with Crippen LogP contribution in [0.25, 0.3) is 0 Å². The highest BCUT2D eigenvalue weighted by Gasteiger charge is 2.21. The number of nitrogens with two attached hydrogens (primary N) is 1. The molecule has 2 N–H and O–H groups in total. The number of aromatic nitrogens is 3. The van der Waals surface area contributed by atoms with E-state index in [9.17, 15) is 4.79 Å². The van der Waals surface area contributed by atoms with Crippen molar-refractivity contribution in [3.8, 4) is 0 Å². The van der Waals surface area contributed by atoms with Crippen molar-refractivity contribution >= 4 is 11.9 Å². The summed E-state index contributed by atoms with van der Waals surface area (Å²) in [4.78, 5) is 15.6. The highest BCUT2D eigenvalue weighted by atomic mass is 16.5. The normalized spacial score (nSPS) is 17.2. The molecule has 0 saturated heterocycles. The maximum Gasteiger partial charge on any atom is 0.327 e. The Labute approximate surface area is 122 Å². The number of nitrogen functional groups attached to an aromatic ring is 1. The molecule has 0 saturated carbocycles. The topological polar surface area (TPSA) is 83.0 Å². The van der Waals surface area contributed by atoms with Gasteiger partial charge in [0.05, 0.1) is 6.61 Å². The van der Waals surface area contributed by atoms with Gasteiger partial charge >= 0.3 is 5.97 Å². The number of ether oxygens (including phenoxy) is 1. The Hall–Kier alpha value is -2.37. The van der Waals surface area contributed by atoms with Crippen LogP contribution in [0, 0.1) is 0 Å². The monoisotopic (exact) mass is 286 g/mol. The van der Waals surface area contributed by atoms with Crippen LogP contribution in [0.3, 0.4) is 0 Å². The quantitative estimate of drug-likeness (QED) is 0.862. The predicted octanol–water partition coefficient (Wildman–Crippen LogP) is 1.52. The van der Waals surface area contributed by atoms with E-state index in [1.165, 1.54) is 22.1 Å². The lowest BCUT2D eigenvalue weighted by Gasteiger charge is -2.25. The number of anilines is 1. The van der Waals surface area contributed by atoms with Crippen LogP contribution in [0.1, 0.15) is 29.9 Å². The highest BCUT2D eigenvalue weighted by molar-refractivity contribution is 5.69. The van der Waals surface area contributed by atoms with Gasteiger partial charge in [0, 0.05) is 5.92 Å². The number of rotatable bonds is 4. The van der Waals surface area contributed by atoms with E-state index in [0.29, 0.717) is 12.5 Å². The van der Waals surface area contributed by atoms with E-state index in [2.05, 4.69) is 28.3 Å². The Morgan fingerprint density at radius 1 is 1.43 bits per heavy atom. The second-order valence-electron chi connectivity index (χ2n) is 5.27. The Balaban J connectivity index is 1.57. The molecule has 1 atom stereocenters. The van der Waals surface area contributed by atoms with Crippen LogP contribution in [0.15, 0.2) is 30.6 Å². The highest BCUT2D eigenvalue weighted by Crippen LogP contribution is 2.31. The molecule has 1 unspecified atom stereocenters. The number of benzene rings is 1. The number of esters is 1. The second-order valence-corrected chi connectivity index (χ2v) is 5.27. The maximum atomic E-state index is 11.8. The molecule has 1 heterocycles. The molecule has 0 amide bonds. The van der Waals surface area contributed by atoms with E-state index < -0.39 is 0 Å². The molecular weight excluding hydrogens is 268 g/mol. The van der Waals surface area contributed by atoms with E-state index >= 15 is 0 Å². The Kier molecular flexibility index (Phi) is 3.85. The van der Waals surface area contributed by atoms with Gasteiger partial charge in [0.2, 0.25) is 5.95 Å². The van der Waals surface area contributed by atoms with Crippen LogP contribution in [0.4, 0.5) is 5.95 Å². The molecule has 0 aliphatic heterocycles. The van der Waals surface area contributed by atoms with Gasteiger partial charge in [-0.2, -0.15) is 0 Å². The third-order valence-corrected chi connectivity index (χ3v) is 3.78. The van der Waals surface area contributed by atoms with Gasteiger partial charge < -0.3 is 10.5 Å². The standard InChI is InChI=1S/C15H18N4O2/c16-15-17-10-19(18-15)8-14(20)21-9-12-6-3-5-11-4-1-2-7-13(11)12/h1-2,4,7,10,12H,3,5-6,8-9H2,(H2,16,18). The number of nitrogens with zero attached hydrogens (tertiary/aromatic N) is 3. The van der Waals surface area contributed by atoms with Crippen molar-refractivity contribution in [1.29, 1.82) is 0 Å². The van der Waals surface area contributed by atoms with E-state index in [-0.39, 0.29) is 18.5 Å². The molecule has 0 fully saturated rings. The number of aryl methyl sites for hydroxylation is 1. The van der Waals surface area contributed by atoms with Crippen LogP contribution < -0.4 is 5.73 Å². The fraction of sp³-hybridized carbons (Fsp3) is 0.400. The molecule has 1 aliphatic carbocycles. The zero-order chi connectivity index (χ0) is 14.7. The smallest absolute Gasteiger partial charge is 0.327 e. The summed E-state index contributed by atoms with van der Waals surface area (Å²) in [6.07, 6.45) is 4.73. The van der Waals surface area contributed by atoms with E-state index in [4.69, 9.17) is 10.5 Å². The third-order valence-electron chi connectivity index (χ3n) is 3.78. The fourth-order valence-corrected chi connectivity index (χ4v) is 2.78. The van der Waals surface area contributed by atoms with Gasteiger partial charge in [-0.05, 0) is 30.4 Å². The number of hydrogen-bond acceptors (Lipinski definition) is 5. The van der Waals surface area contributed by atoms with Gasteiger partial charge in [-0.15, -0.1) is 5.10 Å². The van der Waals surface area contributed by atoms with Crippen molar-refractivity contribution in [2.75, 3.05) is 12.3 Å². The summed E-state index contributed by atoms with van der Waals surface area (Å²) in [5.74, 6) is 0.131. The number of hydrogen-bond donors (Lipinski definition) is 1. The minimum Gasteiger partial charge on any atom is -0.464 e. The molecule has 1 aromatic heterocycles. The van der Waals surface area contributed by atoms with Crippen molar-refractivity contribution in [3.05, 3.63) is 41.7 Å². The largest absolute Gasteiger partial charge is 0.464 e. The molecule has 110 valence electrons. The van der Waals surface area contributed by atoms with Gasteiger partial charge in [-0.1, -0.05) is 24.3 Å². The Morgan fingerprint density at radius 2 is 2.29 bits per heavy atom. The molecular formula is C15H18N4O2. The average Bonchev–Trinajstić information content (AvgIpc) is 2.90. The molecule has 6 nitrogen and oxygen atoms in total. The molecule has 2 aromatic rings. The summed E-state index contributed by atoms with van der Waals surface area (Å²) in [5, 5.41) is 3.86. The molecule has 0 spiro atoms. The van der Waals surface area contributed by atoms with Crippen LogP contribution in [-0.2, 0) is 22.5 Å². The first kappa shape index (κ1) is 13.6. The molecule has 21 heavy (non-hydrogen) atoms. The van der Waals surface area contributed by atoms with Crippen molar-refractivity contribution in [2.45, 2.75) is 31.7 Å². The Bertz CT molecular complexity index is 638. The molecule has 1 aromatic carbocycles. The summed E-state index contributed by atoms with van der Waals surface area (Å²) >= 11 is 0.